The topological polar surface area (TPSA) is 42.7 Å². The molecule has 0 aliphatic carbocycles. The smallest absolute Gasteiger partial charge is 0.415 e. The van der Waals surface area contributed by atoms with E-state index in [9.17, 15) is 4.79 Å². The van der Waals surface area contributed by atoms with Crippen molar-refractivity contribution in [2.24, 2.45) is 5.92 Å². The highest BCUT2D eigenvalue weighted by atomic mass is 32.1. The molecule has 6 heteroatoms. The molecule has 3 saturated heterocycles. The summed E-state index contributed by atoms with van der Waals surface area (Å²) in [6.45, 7) is 8.16. The number of carbonyl (C=O) groups excluding carboxylic acids is 1. The highest BCUT2D eigenvalue weighted by Gasteiger charge is 2.47. The third-order valence-corrected chi connectivity index (χ3v) is 7.09. The third kappa shape index (κ3) is 3.69. The molecule has 2 aromatic heterocycles. The van der Waals surface area contributed by atoms with E-state index in [1.807, 2.05) is 29.7 Å². The normalized spacial score (nSPS) is 26.7. The molecule has 5 heterocycles. The Morgan fingerprint density at radius 3 is 2.96 bits per heavy atom. The Kier molecular flexibility index (Phi) is 5.10. The third-order valence-electron chi connectivity index (χ3n) is 6.06. The van der Waals surface area contributed by atoms with Gasteiger partial charge in [0.1, 0.15) is 17.3 Å². The summed E-state index contributed by atoms with van der Waals surface area (Å²) in [5.41, 5.74) is 1.08. The van der Waals surface area contributed by atoms with Crippen LogP contribution in [0.25, 0.3) is 0 Å². The number of rotatable bonds is 6. The average Bonchev–Trinajstić information content (AvgIpc) is 3.34. The summed E-state index contributed by atoms with van der Waals surface area (Å²) in [4.78, 5) is 14.5. The van der Waals surface area contributed by atoms with Crippen molar-refractivity contribution in [3.63, 3.8) is 0 Å². The molecule has 0 saturated carbocycles. The zero-order chi connectivity index (χ0) is 18.9. The molecule has 0 radical (unpaired) electrons. The average molecular weight is 388 g/mol. The number of anilines is 1. The van der Waals surface area contributed by atoms with Crippen LogP contribution in [0.4, 0.5) is 9.80 Å². The van der Waals surface area contributed by atoms with Crippen molar-refractivity contribution in [1.82, 2.24) is 0 Å². The number of hydrogen-bond acceptors (Lipinski definition) is 4. The molecule has 5 nitrogen and oxygen atoms in total. The molecule has 0 N–H and O–H groups in total. The van der Waals surface area contributed by atoms with E-state index in [0.717, 1.165) is 46.7 Å². The van der Waals surface area contributed by atoms with Crippen LogP contribution in [-0.4, -0.2) is 49.9 Å². The van der Waals surface area contributed by atoms with Crippen molar-refractivity contribution in [2.45, 2.75) is 25.4 Å². The largest absolute Gasteiger partial charge is 0.469 e. The van der Waals surface area contributed by atoms with Gasteiger partial charge in [-0.1, -0.05) is 6.58 Å². The van der Waals surface area contributed by atoms with E-state index in [1.165, 1.54) is 13.1 Å². The minimum absolute atomic E-state index is 0.0101. The molecule has 144 valence electrons. The first-order chi connectivity index (χ1) is 13.1. The molecule has 2 aromatic rings. The summed E-state index contributed by atoms with van der Waals surface area (Å²) >= 11 is 1.56. The number of thiophene rings is 1. The Balaban J connectivity index is 1.43. The van der Waals surface area contributed by atoms with E-state index in [0.29, 0.717) is 12.3 Å². The second kappa shape index (κ2) is 7.52. The summed E-state index contributed by atoms with van der Waals surface area (Å²) in [5, 5.41) is 2.93. The Labute approximate surface area is 164 Å². The lowest BCUT2D eigenvalue weighted by molar-refractivity contribution is -0.941. The maximum atomic E-state index is 12.9. The molecule has 1 atom stereocenters. The highest BCUT2D eigenvalue weighted by molar-refractivity contribution is 7.14. The molecule has 5 rings (SSSR count). The molecule has 3 fully saturated rings. The predicted octanol–water partition coefficient (Wildman–Crippen LogP) is 4.30. The first kappa shape index (κ1) is 18.3. The summed E-state index contributed by atoms with van der Waals surface area (Å²) in [6.07, 6.45) is 6.38. The van der Waals surface area contributed by atoms with Crippen molar-refractivity contribution in [2.75, 3.05) is 38.1 Å². The van der Waals surface area contributed by atoms with Crippen LogP contribution in [0, 0.1) is 5.92 Å². The van der Waals surface area contributed by atoms with Crippen LogP contribution in [0.15, 0.2) is 46.9 Å². The first-order valence-corrected chi connectivity index (χ1v) is 10.5. The maximum Gasteiger partial charge on any atom is 0.415 e. The van der Waals surface area contributed by atoms with Crippen LogP contribution >= 0.6 is 11.3 Å². The van der Waals surface area contributed by atoms with Gasteiger partial charge in [0.2, 0.25) is 0 Å². The molecule has 0 aromatic carbocycles. The summed E-state index contributed by atoms with van der Waals surface area (Å²) in [6, 6.07) is 5.88. The van der Waals surface area contributed by atoms with Crippen LogP contribution in [0.2, 0.25) is 0 Å². The van der Waals surface area contributed by atoms with Crippen LogP contribution in [0.1, 0.15) is 24.2 Å². The lowest BCUT2D eigenvalue weighted by atomic mass is 9.83. The standard InChI is InChI=1S/C21H27N2O3S/c1-3-9-23-10-6-16(7-11-23)19(15-23)26-21(24)22(2)20-17(8-13-27-20)14-18-5-4-12-25-18/h3-5,8,12-13,16,19H,1,6-7,9-11,14-15H2,2H3/q+1/t16?,19-,23?/m0/s1. The monoisotopic (exact) mass is 387 g/mol. The lowest BCUT2D eigenvalue weighted by Gasteiger charge is -2.51. The van der Waals surface area contributed by atoms with Crippen LogP contribution < -0.4 is 4.90 Å². The van der Waals surface area contributed by atoms with E-state index < -0.39 is 0 Å². The van der Waals surface area contributed by atoms with Gasteiger partial charge in [0.25, 0.3) is 0 Å². The van der Waals surface area contributed by atoms with Gasteiger partial charge in [0, 0.05) is 32.2 Å². The fourth-order valence-electron chi connectivity index (χ4n) is 4.53. The molecule has 27 heavy (non-hydrogen) atoms. The number of ether oxygens (including phenoxy) is 1. The van der Waals surface area contributed by atoms with E-state index in [-0.39, 0.29) is 12.2 Å². The molecule has 3 aliphatic heterocycles. The zero-order valence-corrected chi connectivity index (χ0v) is 16.6. The van der Waals surface area contributed by atoms with E-state index >= 15 is 0 Å². The van der Waals surface area contributed by atoms with Crippen LogP contribution in [0.5, 0.6) is 0 Å². The fourth-order valence-corrected chi connectivity index (χ4v) is 5.42. The molecular weight excluding hydrogens is 360 g/mol. The summed E-state index contributed by atoms with van der Waals surface area (Å²) in [5.74, 6) is 1.39. The second-order valence-electron chi connectivity index (χ2n) is 7.77. The molecule has 3 aliphatic rings. The van der Waals surface area contributed by atoms with Gasteiger partial charge in [0.15, 0.2) is 6.10 Å². The number of furan rings is 1. The fraction of sp³-hybridized carbons (Fsp3) is 0.476. The van der Waals surface area contributed by atoms with Gasteiger partial charge in [-0.3, -0.25) is 4.90 Å². The number of quaternary nitrogens is 1. The number of carbonyl (C=O) groups is 1. The van der Waals surface area contributed by atoms with Crippen molar-refractivity contribution in [1.29, 1.82) is 0 Å². The molecule has 1 amide bonds. The minimum Gasteiger partial charge on any atom is -0.469 e. The quantitative estimate of drug-likeness (QED) is 0.548. The van der Waals surface area contributed by atoms with Crippen molar-refractivity contribution in [3.8, 4) is 0 Å². The van der Waals surface area contributed by atoms with E-state index in [1.54, 1.807) is 29.5 Å². The second-order valence-corrected chi connectivity index (χ2v) is 8.66. The maximum absolute atomic E-state index is 12.9. The number of nitrogens with zero attached hydrogens (tertiary/aromatic N) is 2. The van der Waals surface area contributed by atoms with Gasteiger partial charge in [-0.15, -0.1) is 11.3 Å². The SMILES string of the molecule is C=CC[N+]12CCC(CC1)[C@@H](OC(=O)N(C)c1sccc1Cc1ccco1)C2. The van der Waals surface area contributed by atoms with Gasteiger partial charge < -0.3 is 13.6 Å². The minimum atomic E-state index is -0.256. The summed E-state index contributed by atoms with van der Waals surface area (Å²) < 4.78 is 12.5. The Hall–Kier alpha value is -2.05. The zero-order valence-electron chi connectivity index (χ0n) is 15.8. The van der Waals surface area contributed by atoms with Crippen molar-refractivity contribution in [3.05, 3.63) is 53.8 Å². The predicted molar refractivity (Wildman–Crippen MR) is 107 cm³/mol. The number of fused-ring (bicyclic) bond motifs is 3. The van der Waals surface area contributed by atoms with Gasteiger partial charge in [-0.05, 0) is 35.2 Å². The molecular formula is C21H27N2O3S+. The molecule has 0 spiro atoms. The van der Waals surface area contributed by atoms with Gasteiger partial charge in [-0.2, -0.15) is 0 Å². The van der Waals surface area contributed by atoms with E-state index in [4.69, 9.17) is 9.15 Å². The first-order valence-electron chi connectivity index (χ1n) is 9.59. The van der Waals surface area contributed by atoms with Crippen molar-refractivity contribution >= 4 is 22.4 Å². The Morgan fingerprint density at radius 2 is 2.26 bits per heavy atom. The highest BCUT2D eigenvalue weighted by Crippen LogP contribution is 2.36. The summed E-state index contributed by atoms with van der Waals surface area (Å²) in [7, 11) is 1.80. The van der Waals surface area contributed by atoms with Gasteiger partial charge in [-0.25, -0.2) is 4.79 Å². The molecule has 0 unspecified atom stereocenters. The van der Waals surface area contributed by atoms with Crippen molar-refractivity contribution < 1.29 is 18.4 Å². The van der Waals surface area contributed by atoms with Crippen LogP contribution in [0.3, 0.4) is 0 Å². The Bertz CT molecular complexity index is 790. The number of amides is 1. The molecule has 2 bridgehead atoms. The number of piperidine rings is 3. The van der Waals surface area contributed by atoms with Gasteiger partial charge >= 0.3 is 6.09 Å². The Morgan fingerprint density at radius 1 is 1.44 bits per heavy atom. The van der Waals surface area contributed by atoms with Gasteiger partial charge in [0.05, 0.1) is 25.9 Å². The van der Waals surface area contributed by atoms with E-state index in [2.05, 4.69) is 6.58 Å². The lowest BCUT2D eigenvalue weighted by Crippen LogP contribution is -2.64. The van der Waals surface area contributed by atoms with Crippen LogP contribution in [-0.2, 0) is 11.2 Å². The number of hydrogen-bond donors (Lipinski definition) is 0.